The fraction of sp³-hybridized carbons (Fsp3) is 0.222. The quantitative estimate of drug-likeness (QED) is 0.760. The van der Waals surface area contributed by atoms with Crippen molar-refractivity contribution in [3.8, 4) is 0 Å². The number of amides is 1. The molecule has 0 radical (unpaired) electrons. The molecule has 1 saturated heterocycles. The molecule has 16 heavy (non-hydrogen) atoms. The van der Waals surface area contributed by atoms with Crippen LogP contribution >= 0.6 is 7.60 Å². The predicted octanol–water partition coefficient (Wildman–Crippen LogP) is 1.15. The molecule has 0 bridgehead atoms. The van der Waals surface area contributed by atoms with Crippen molar-refractivity contribution in [3.63, 3.8) is 0 Å². The molecule has 1 atom stereocenters. The van der Waals surface area contributed by atoms with Crippen LogP contribution in [0.4, 0.5) is 10.5 Å². The second kappa shape index (κ2) is 3.90. The van der Waals surface area contributed by atoms with Gasteiger partial charge in [0.25, 0.3) is 0 Å². The number of rotatable bonds is 2. The maximum absolute atomic E-state index is 11.4. The second-order valence-corrected chi connectivity index (χ2v) is 5.13. The normalized spacial score (nSPS) is 21.0. The first-order valence-corrected chi connectivity index (χ1v) is 6.25. The summed E-state index contributed by atoms with van der Waals surface area (Å²) in [5, 5.41) is 0. The summed E-state index contributed by atoms with van der Waals surface area (Å²) in [6.07, 6.45) is -0.737. The average molecular weight is 243 g/mol. The second-order valence-electron chi connectivity index (χ2n) is 3.37. The first-order valence-electron chi connectivity index (χ1n) is 4.57. The molecule has 1 aromatic carbocycles. The molecule has 0 aromatic heterocycles. The Kier molecular flexibility index (Phi) is 2.71. The molecule has 1 amide bonds. The molecule has 1 aliphatic rings. The van der Waals surface area contributed by atoms with Crippen LogP contribution in [0.15, 0.2) is 30.3 Å². The van der Waals surface area contributed by atoms with E-state index in [1.807, 2.05) is 0 Å². The van der Waals surface area contributed by atoms with Gasteiger partial charge < -0.3 is 14.5 Å². The highest BCUT2D eigenvalue weighted by Crippen LogP contribution is 2.45. The van der Waals surface area contributed by atoms with E-state index in [1.54, 1.807) is 30.3 Å². The highest BCUT2D eigenvalue weighted by atomic mass is 31.2. The third-order valence-electron chi connectivity index (χ3n) is 2.24. The van der Waals surface area contributed by atoms with Gasteiger partial charge in [-0.15, -0.1) is 0 Å². The lowest BCUT2D eigenvalue weighted by Gasteiger charge is -2.12. The van der Waals surface area contributed by atoms with Crippen molar-refractivity contribution >= 4 is 19.4 Å². The van der Waals surface area contributed by atoms with Gasteiger partial charge in [-0.1, -0.05) is 18.2 Å². The third-order valence-corrected chi connectivity index (χ3v) is 3.26. The zero-order chi connectivity index (χ0) is 11.8. The molecule has 6 nitrogen and oxygen atoms in total. The van der Waals surface area contributed by atoms with Gasteiger partial charge in [-0.3, -0.25) is 9.46 Å². The topological polar surface area (TPSA) is 87.1 Å². The lowest BCUT2D eigenvalue weighted by atomic mass is 10.3. The number of cyclic esters (lactones) is 1. The first kappa shape index (κ1) is 11.1. The summed E-state index contributed by atoms with van der Waals surface area (Å²) in [4.78, 5) is 30.4. The van der Waals surface area contributed by atoms with Crippen LogP contribution in [0, 0.1) is 0 Å². The number of carbonyl (C=O) groups excluding carboxylic acids is 1. The van der Waals surface area contributed by atoms with Crippen molar-refractivity contribution in [2.45, 2.75) is 5.85 Å². The monoisotopic (exact) mass is 243 g/mol. The maximum atomic E-state index is 11.4. The average Bonchev–Trinajstić information content (AvgIpc) is 2.61. The van der Waals surface area contributed by atoms with Gasteiger partial charge in [0, 0.05) is 5.69 Å². The molecule has 7 heteroatoms. The van der Waals surface area contributed by atoms with Crippen LogP contribution in [0.1, 0.15) is 0 Å². The van der Waals surface area contributed by atoms with E-state index in [9.17, 15) is 9.36 Å². The van der Waals surface area contributed by atoms with Crippen molar-refractivity contribution in [1.82, 2.24) is 0 Å². The Labute approximate surface area is 91.6 Å². The Hall–Kier alpha value is -1.36. The summed E-state index contributed by atoms with van der Waals surface area (Å²) in [7, 11) is -4.39. The van der Waals surface area contributed by atoms with E-state index in [0.717, 1.165) is 0 Å². The minimum atomic E-state index is -4.39. The Morgan fingerprint density at radius 2 is 1.94 bits per heavy atom. The number of anilines is 1. The van der Waals surface area contributed by atoms with Gasteiger partial charge >= 0.3 is 13.7 Å². The maximum Gasteiger partial charge on any atom is 0.415 e. The van der Waals surface area contributed by atoms with Gasteiger partial charge in [0.2, 0.25) is 5.85 Å². The number of benzene rings is 1. The van der Waals surface area contributed by atoms with Crippen LogP contribution in [-0.4, -0.2) is 28.3 Å². The fourth-order valence-corrected chi connectivity index (χ4v) is 2.05. The minimum Gasteiger partial charge on any atom is -0.431 e. The van der Waals surface area contributed by atoms with E-state index in [-0.39, 0.29) is 6.54 Å². The molecule has 1 unspecified atom stereocenters. The molecular weight excluding hydrogens is 233 g/mol. The summed E-state index contributed by atoms with van der Waals surface area (Å²) in [5.41, 5.74) is 0.559. The zero-order valence-corrected chi connectivity index (χ0v) is 9.08. The van der Waals surface area contributed by atoms with E-state index in [0.29, 0.717) is 5.69 Å². The summed E-state index contributed by atoms with van der Waals surface area (Å²) in [5.74, 6) is -1.37. The molecule has 1 fully saturated rings. The van der Waals surface area contributed by atoms with E-state index in [4.69, 9.17) is 9.79 Å². The van der Waals surface area contributed by atoms with Crippen molar-refractivity contribution in [3.05, 3.63) is 30.3 Å². The number of carbonyl (C=O) groups is 1. The van der Waals surface area contributed by atoms with Gasteiger partial charge in [0.15, 0.2) is 0 Å². The van der Waals surface area contributed by atoms with Crippen molar-refractivity contribution < 1.29 is 23.9 Å². The van der Waals surface area contributed by atoms with E-state index >= 15 is 0 Å². The highest BCUT2D eigenvalue weighted by molar-refractivity contribution is 7.52. The molecule has 2 rings (SSSR count). The van der Waals surface area contributed by atoms with Gasteiger partial charge in [-0.25, -0.2) is 4.79 Å². The Balaban J connectivity index is 2.21. The number of nitrogens with zero attached hydrogens (tertiary/aromatic N) is 1. The summed E-state index contributed by atoms with van der Waals surface area (Å²) in [6.45, 7) is -0.132. The highest BCUT2D eigenvalue weighted by Gasteiger charge is 2.42. The molecule has 1 aliphatic heterocycles. The van der Waals surface area contributed by atoms with Crippen LogP contribution in [0.25, 0.3) is 0 Å². The van der Waals surface area contributed by atoms with Gasteiger partial charge in [-0.05, 0) is 12.1 Å². The molecule has 0 saturated carbocycles. The molecule has 86 valence electrons. The minimum absolute atomic E-state index is 0.132. The predicted molar refractivity (Wildman–Crippen MR) is 56.1 cm³/mol. The van der Waals surface area contributed by atoms with Crippen LogP contribution < -0.4 is 4.90 Å². The molecule has 1 aromatic rings. The molecule has 1 heterocycles. The number of hydrogen-bond donors (Lipinski definition) is 2. The molecule has 0 aliphatic carbocycles. The smallest absolute Gasteiger partial charge is 0.415 e. The number of para-hydroxylation sites is 1. The van der Waals surface area contributed by atoms with E-state index < -0.39 is 19.5 Å². The van der Waals surface area contributed by atoms with Crippen LogP contribution in [0.5, 0.6) is 0 Å². The largest absolute Gasteiger partial charge is 0.431 e. The van der Waals surface area contributed by atoms with E-state index in [2.05, 4.69) is 4.74 Å². The summed E-state index contributed by atoms with van der Waals surface area (Å²) < 4.78 is 15.6. The van der Waals surface area contributed by atoms with Gasteiger partial charge in [-0.2, -0.15) is 0 Å². The SMILES string of the molecule is O=C1OC(P(=O)(O)O)CN1c1ccccc1. The fourth-order valence-electron chi connectivity index (χ4n) is 1.44. The zero-order valence-electron chi connectivity index (χ0n) is 8.18. The van der Waals surface area contributed by atoms with E-state index in [1.165, 1.54) is 4.90 Å². The van der Waals surface area contributed by atoms with Gasteiger partial charge in [0.1, 0.15) is 0 Å². The molecule has 0 spiro atoms. The standard InChI is InChI=1S/C9H10NO5P/c11-9-10(7-4-2-1-3-5-7)6-8(15-9)16(12,13)14/h1-5,8H,6H2,(H2,12,13,14). The van der Waals surface area contributed by atoms with Crippen molar-refractivity contribution in [2.24, 2.45) is 0 Å². The molecular formula is C9H10NO5P. The number of ether oxygens (including phenoxy) is 1. The van der Waals surface area contributed by atoms with Crippen LogP contribution in [0.3, 0.4) is 0 Å². The Morgan fingerprint density at radius 1 is 1.31 bits per heavy atom. The lowest BCUT2D eigenvalue weighted by molar-refractivity contribution is 0.156. The third kappa shape index (κ3) is 2.09. The van der Waals surface area contributed by atoms with Crippen LogP contribution in [0.2, 0.25) is 0 Å². The summed E-state index contributed by atoms with van der Waals surface area (Å²) >= 11 is 0. The number of hydrogen-bond acceptors (Lipinski definition) is 3. The van der Waals surface area contributed by atoms with Crippen LogP contribution in [-0.2, 0) is 9.30 Å². The van der Waals surface area contributed by atoms with Crippen molar-refractivity contribution in [1.29, 1.82) is 0 Å². The Bertz CT molecular complexity index is 442. The summed E-state index contributed by atoms with van der Waals surface area (Å²) in [6, 6.07) is 8.58. The van der Waals surface area contributed by atoms with Crippen molar-refractivity contribution in [2.75, 3.05) is 11.4 Å². The van der Waals surface area contributed by atoms with Gasteiger partial charge in [0.05, 0.1) is 6.54 Å². The Morgan fingerprint density at radius 3 is 2.44 bits per heavy atom. The molecule has 2 N–H and O–H groups in total. The first-order chi connectivity index (χ1) is 7.48. The lowest BCUT2D eigenvalue weighted by Crippen LogP contribution is -2.24.